The molecule has 0 aliphatic rings. The van der Waals surface area contributed by atoms with E-state index in [-0.39, 0.29) is 0 Å². The second-order valence-electron chi connectivity index (χ2n) is 2.63. The van der Waals surface area contributed by atoms with Crippen LogP contribution in [0.1, 0.15) is 19.7 Å². The normalized spacial score (nSPS) is 9.33. The molecular formula is C11H13ClN2O. The summed E-state index contributed by atoms with van der Waals surface area (Å²) in [4.78, 5) is 4.08. The molecular weight excluding hydrogens is 212 g/mol. The van der Waals surface area contributed by atoms with Crippen molar-refractivity contribution in [2.45, 2.75) is 20.8 Å². The van der Waals surface area contributed by atoms with E-state index in [1.165, 1.54) is 0 Å². The Balaban J connectivity index is 0.000000531. The van der Waals surface area contributed by atoms with Crippen molar-refractivity contribution in [2.75, 3.05) is 0 Å². The molecule has 0 radical (unpaired) electrons. The molecule has 0 atom stereocenters. The number of aromatic nitrogens is 2. The van der Waals surface area contributed by atoms with Gasteiger partial charge in [0.1, 0.15) is 0 Å². The van der Waals surface area contributed by atoms with Crippen LogP contribution in [0.25, 0.3) is 11.5 Å². The highest BCUT2D eigenvalue weighted by Gasteiger charge is 2.08. The van der Waals surface area contributed by atoms with Crippen LogP contribution in [0.4, 0.5) is 0 Å². The molecule has 2 rings (SSSR count). The van der Waals surface area contributed by atoms with Gasteiger partial charge in [-0.25, -0.2) is 0 Å². The average molecular weight is 225 g/mol. The Kier molecular flexibility index (Phi) is 4.31. The smallest absolute Gasteiger partial charge is 0.259 e. The first-order valence-corrected chi connectivity index (χ1v) is 5.20. The largest absolute Gasteiger partial charge is 0.334 e. The van der Waals surface area contributed by atoms with E-state index in [4.69, 9.17) is 16.1 Å². The van der Waals surface area contributed by atoms with Crippen molar-refractivity contribution in [1.82, 2.24) is 10.1 Å². The number of hydrogen-bond donors (Lipinski definition) is 0. The Labute approximate surface area is 94.1 Å². The van der Waals surface area contributed by atoms with Crippen LogP contribution in [0, 0.1) is 6.92 Å². The van der Waals surface area contributed by atoms with E-state index in [2.05, 4.69) is 10.1 Å². The zero-order valence-corrected chi connectivity index (χ0v) is 9.75. The molecule has 0 amide bonds. The highest BCUT2D eigenvalue weighted by atomic mass is 35.5. The van der Waals surface area contributed by atoms with Gasteiger partial charge in [0, 0.05) is 0 Å². The van der Waals surface area contributed by atoms with Crippen LogP contribution in [0.5, 0.6) is 0 Å². The lowest BCUT2D eigenvalue weighted by atomic mass is 10.2. The topological polar surface area (TPSA) is 38.9 Å². The standard InChI is InChI=1S/C9H7ClN2O.C2H6/c1-6-11-9(13-12-6)7-4-2-3-5-8(7)10;1-2/h2-5H,1H3;1-2H3. The van der Waals surface area contributed by atoms with Crippen molar-refractivity contribution in [3.05, 3.63) is 35.1 Å². The number of hydrogen-bond acceptors (Lipinski definition) is 3. The highest BCUT2D eigenvalue weighted by molar-refractivity contribution is 6.33. The third kappa shape index (κ3) is 2.80. The first-order valence-electron chi connectivity index (χ1n) is 4.82. The second kappa shape index (κ2) is 5.51. The fourth-order valence-corrected chi connectivity index (χ4v) is 1.26. The van der Waals surface area contributed by atoms with Crippen molar-refractivity contribution in [3.8, 4) is 11.5 Å². The van der Waals surface area contributed by atoms with E-state index < -0.39 is 0 Å². The highest BCUT2D eigenvalue weighted by Crippen LogP contribution is 2.25. The summed E-state index contributed by atoms with van der Waals surface area (Å²) in [7, 11) is 0. The molecule has 3 nitrogen and oxygen atoms in total. The van der Waals surface area contributed by atoms with Gasteiger partial charge in [0.25, 0.3) is 5.89 Å². The van der Waals surface area contributed by atoms with Gasteiger partial charge in [0.2, 0.25) is 0 Å². The minimum Gasteiger partial charge on any atom is -0.334 e. The Hall–Kier alpha value is -1.35. The summed E-state index contributed by atoms with van der Waals surface area (Å²) in [5, 5.41) is 4.31. The predicted octanol–water partition coefficient (Wildman–Crippen LogP) is 3.72. The Morgan fingerprint density at radius 1 is 1.20 bits per heavy atom. The molecule has 0 spiro atoms. The van der Waals surface area contributed by atoms with Gasteiger partial charge >= 0.3 is 0 Å². The van der Waals surface area contributed by atoms with Crippen LogP contribution in [-0.4, -0.2) is 10.1 Å². The molecule has 0 fully saturated rings. The molecule has 15 heavy (non-hydrogen) atoms. The van der Waals surface area contributed by atoms with Crippen molar-refractivity contribution in [2.24, 2.45) is 0 Å². The number of nitrogens with zero attached hydrogens (tertiary/aromatic N) is 2. The minimum absolute atomic E-state index is 0.461. The molecule has 80 valence electrons. The van der Waals surface area contributed by atoms with E-state index in [1.54, 1.807) is 13.0 Å². The number of rotatable bonds is 1. The van der Waals surface area contributed by atoms with Crippen LogP contribution in [-0.2, 0) is 0 Å². The summed E-state index contributed by atoms with van der Waals surface area (Å²) in [6.07, 6.45) is 0. The molecule has 2 aromatic rings. The van der Waals surface area contributed by atoms with Gasteiger partial charge in [-0.05, 0) is 19.1 Å². The van der Waals surface area contributed by atoms with Gasteiger partial charge in [0.15, 0.2) is 5.82 Å². The summed E-state index contributed by atoms with van der Waals surface area (Å²) in [5.41, 5.74) is 0.768. The first kappa shape index (κ1) is 11.7. The van der Waals surface area contributed by atoms with Gasteiger partial charge in [-0.3, -0.25) is 0 Å². The van der Waals surface area contributed by atoms with E-state index in [1.807, 2.05) is 32.0 Å². The number of aryl methyl sites for hydroxylation is 1. The van der Waals surface area contributed by atoms with Crippen molar-refractivity contribution >= 4 is 11.6 Å². The van der Waals surface area contributed by atoms with Crippen LogP contribution >= 0.6 is 11.6 Å². The quantitative estimate of drug-likeness (QED) is 0.741. The van der Waals surface area contributed by atoms with E-state index >= 15 is 0 Å². The molecule has 0 aliphatic carbocycles. The lowest BCUT2D eigenvalue weighted by molar-refractivity contribution is 0.425. The van der Waals surface area contributed by atoms with Gasteiger partial charge < -0.3 is 4.52 Å². The third-order valence-corrected chi connectivity index (χ3v) is 1.96. The molecule has 0 unspecified atom stereocenters. The van der Waals surface area contributed by atoms with Gasteiger partial charge in [-0.1, -0.05) is 42.7 Å². The van der Waals surface area contributed by atoms with Crippen LogP contribution in [0.3, 0.4) is 0 Å². The molecule has 1 aromatic heterocycles. The fourth-order valence-electron chi connectivity index (χ4n) is 1.04. The zero-order chi connectivity index (χ0) is 11.3. The van der Waals surface area contributed by atoms with Gasteiger partial charge in [-0.15, -0.1) is 0 Å². The Morgan fingerprint density at radius 2 is 1.87 bits per heavy atom. The maximum absolute atomic E-state index is 5.94. The molecule has 4 heteroatoms. The maximum atomic E-state index is 5.94. The van der Waals surface area contributed by atoms with Crippen LogP contribution in [0.2, 0.25) is 5.02 Å². The predicted molar refractivity (Wildman–Crippen MR) is 60.8 cm³/mol. The summed E-state index contributed by atoms with van der Waals surface area (Å²) in [6.45, 7) is 5.77. The molecule has 0 aliphatic heterocycles. The first-order chi connectivity index (χ1) is 7.27. The average Bonchev–Trinajstić information content (AvgIpc) is 2.68. The van der Waals surface area contributed by atoms with E-state index in [9.17, 15) is 0 Å². The number of benzene rings is 1. The maximum Gasteiger partial charge on any atom is 0.259 e. The SMILES string of the molecule is CC.Cc1noc(-c2ccccc2Cl)n1. The lowest BCUT2D eigenvalue weighted by Crippen LogP contribution is -1.78. The molecule has 0 saturated heterocycles. The molecule has 1 heterocycles. The van der Waals surface area contributed by atoms with Crippen molar-refractivity contribution < 1.29 is 4.52 Å². The monoisotopic (exact) mass is 224 g/mol. The molecule has 0 bridgehead atoms. The zero-order valence-electron chi connectivity index (χ0n) is 8.99. The van der Waals surface area contributed by atoms with Crippen LogP contribution in [0.15, 0.2) is 28.8 Å². The van der Waals surface area contributed by atoms with E-state index in [0.717, 1.165) is 5.56 Å². The summed E-state index contributed by atoms with van der Waals surface area (Å²) < 4.78 is 4.99. The minimum atomic E-state index is 0.461. The summed E-state index contributed by atoms with van der Waals surface area (Å²) >= 11 is 5.94. The Bertz CT molecular complexity index is 426. The lowest BCUT2D eigenvalue weighted by Gasteiger charge is -1.95. The molecule has 1 aromatic carbocycles. The van der Waals surface area contributed by atoms with Gasteiger partial charge in [0.05, 0.1) is 10.6 Å². The third-order valence-electron chi connectivity index (χ3n) is 1.63. The second-order valence-corrected chi connectivity index (χ2v) is 3.03. The molecule has 0 saturated carbocycles. The van der Waals surface area contributed by atoms with Gasteiger partial charge in [-0.2, -0.15) is 4.98 Å². The fraction of sp³-hybridized carbons (Fsp3) is 0.273. The Morgan fingerprint density at radius 3 is 2.40 bits per heavy atom. The van der Waals surface area contributed by atoms with Crippen molar-refractivity contribution in [1.29, 1.82) is 0 Å². The molecule has 0 N–H and O–H groups in total. The van der Waals surface area contributed by atoms with Crippen molar-refractivity contribution in [3.63, 3.8) is 0 Å². The van der Waals surface area contributed by atoms with E-state index in [0.29, 0.717) is 16.7 Å². The van der Waals surface area contributed by atoms with Crippen LogP contribution < -0.4 is 0 Å². The number of halogens is 1. The summed E-state index contributed by atoms with van der Waals surface area (Å²) in [6, 6.07) is 7.36. The summed E-state index contributed by atoms with van der Waals surface area (Å²) in [5.74, 6) is 1.07.